The number of halogens is 1. The van der Waals surface area contributed by atoms with Crippen LogP contribution >= 0.6 is 0 Å². The van der Waals surface area contributed by atoms with Gasteiger partial charge in [0.25, 0.3) is 0 Å². The smallest absolute Gasteiger partial charge is 0.241 e. The van der Waals surface area contributed by atoms with Gasteiger partial charge in [-0.2, -0.15) is 0 Å². The second-order valence-electron chi connectivity index (χ2n) is 5.56. The number of nitrogen functional groups attached to an aromatic ring is 1. The summed E-state index contributed by atoms with van der Waals surface area (Å²) in [4.78, 5) is -0.105. The Balaban J connectivity index is 2.21. The van der Waals surface area contributed by atoms with E-state index in [2.05, 4.69) is 11.6 Å². The molecule has 112 valence electrons. The Morgan fingerprint density at radius 2 is 1.90 bits per heavy atom. The number of rotatable bonds is 3. The number of sulfonamides is 1. The molecule has 0 heterocycles. The Bertz CT molecular complexity index is 554. The molecule has 6 heteroatoms. The molecule has 0 spiro atoms. The second kappa shape index (κ2) is 6.10. The molecule has 0 bridgehead atoms. The first kappa shape index (κ1) is 15.3. The molecule has 3 N–H and O–H groups in total. The zero-order chi connectivity index (χ0) is 14.8. The van der Waals surface area contributed by atoms with E-state index < -0.39 is 15.8 Å². The summed E-state index contributed by atoms with van der Waals surface area (Å²) in [6.07, 6.45) is 5.12. The number of hydrogen-bond donors (Lipinski definition) is 2. The average molecular weight is 300 g/mol. The van der Waals surface area contributed by atoms with Gasteiger partial charge in [0.15, 0.2) is 0 Å². The van der Waals surface area contributed by atoms with Gasteiger partial charge >= 0.3 is 0 Å². The fraction of sp³-hybridized carbons (Fsp3) is 0.571. The summed E-state index contributed by atoms with van der Waals surface area (Å²) in [6, 6.07) is 3.30. The molecular formula is C14H21FN2O2S. The van der Waals surface area contributed by atoms with Crippen molar-refractivity contribution in [2.24, 2.45) is 5.92 Å². The largest absolute Gasteiger partial charge is 0.399 e. The third-order valence-electron chi connectivity index (χ3n) is 3.87. The summed E-state index contributed by atoms with van der Waals surface area (Å²) in [5.41, 5.74) is 5.62. The topological polar surface area (TPSA) is 72.2 Å². The minimum atomic E-state index is -3.72. The van der Waals surface area contributed by atoms with Crippen LogP contribution in [-0.4, -0.2) is 14.5 Å². The van der Waals surface area contributed by atoms with Crippen molar-refractivity contribution >= 4 is 15.7 Å². The lowest BCUT2D eigenvalue weighted by Crippen LogP contribution is -2.38. The van der Waals surface area contributed by atoms with Gasteiger partial charge in [-0.25, -0.2) is 17.5 Å². The van der Waals surface area contributed by atoms with Crippen LogP contribution in [0.4, 0.5) is 10.1 Å². The van der Waals surface area contributed by atoms with Crippen molar-refractivity contribution in [2.75, 3.05) is 5.73 Å². The lowest BCUT2D eigenvalue weighted by Gasteiger charge is -2.22. The van der Waals surface area contributed by atoms with Gasteiger partial charge in [0.1, 0.15) is 5.82 Å². The minimum Gasteiger partial charge on any atom is -0.399 e. The van der Waals surface area contributed by atoms with E-state index >= 15 is 0 Å². The normalized spacial score (nSPS) is 24.3. The van der Waals surface area contributed by atoms with Crippen LogP contribution in [0, 0.1) is 11.7 Å². The molecule has 0 saturated heterocycles. The molecule has 2 atom stereocenters. The van der Waals surface area contributed by atoms with Crippen LogP contribution in [0.15, 0.2) is 23.1 Å². The quantitative estimate of drug-likeness (QED) is 0.666. The van der Waals surface area contributed by atoms with E-state index in [0.29, 0.717) is 0 Å². The summed E-state index contributed by atoms with van der Waals surface area (Å²) >= 11 is 0. The Morgan fingerprint density at radius 3 is 2.60 bits per heavy atom. The maximum atomic E-state index is 13.3. The highest BCUT2D eigenvalue weighted by Gasteiger charge is 2.26. The molecule has 20 heavy (non-hydrogen) atoms. The molecule has 1 fully saturated rings. The molecule has 4 nitrogen and oxygen atoms in total. The zero-order valence-electron chi connectivity index (χ0n) is 11.6. The van der Waals surface area contributed by atoms with Crippen LogP contribution in [0.1, 0.15) is 39.0 Å². The van der Waals surface area contributed by atoms with E-state index in [1.807, 2.05) is 0 Å². The van der Waals surface area contributed by atoms with Crippen molar-refractivity contribution in [3.8, 4) is 0 Å². The molecular weight excluding hydrogens is 279 g/mol. The number of benzene rings is 1. The van der Waals surface area contributed by atoms with Crippen LogP contribution < -0.4 is 10.5 Å². The average Bonchev–Trinajstić information content (AvgIpc) is 2.53. The number of nitrogens with one attached hydrogen (secondary N) is 1. The Morgan fingerprint density at radius 1 is 1.20 bits per heavy atom. The summed E-state index contributed by atoms with van der Waals surface area (Å²) in [5, 5.41) is 0. The van der Waals surface area contributed by atoms with Crippen molar-refractivity contribution in [1.29, 1.82) is 0 Å². The van der Waals surface area contributed by atoms with Crippen molar-refractivity contribution in [2.45, 2.75) is 50.0 Å². The van der Waals surface area contributed by atoms with Crippen LogP contribution in [0.2, 0.25) is 0 Å². The molecule has 1 aromatic carbocycles. The third-order valence-corrected chi connectivity index (χ3v) is 5.34. The molecule has 2 rings (SSSR count). The minimum absolute atomic E-state index is 0.0907. The molecule has 0 radical (unpaired) electrons. The van der Waals surface area contributed by atoms with Crippen LogP contribution in [0.25, 0.3) is 0 Å². The van der Waals surface area contributed by atoms with E-state index in [9.17, 15) is 12.8 Å². The van der Waals surface area contributed by atoms with E-state index in [-0.39, 0.29) is 22.5 Å². The molecule has 2 unspecified atom stereocenters. The predicted octanol–water partition coefficient (Wildman–Crippen LogP) is 2.66. The first-order chi connectivity index (χ1) is 9.38. The van der Waals surface area contributed by atoms with Gasteiger partial charge < -0.3 is 5.73 Å². The van der Waals surface area contributed by atoms with Crippen molar-refractivity contribution in [3.05, 3.63) is 24.0 Å². The monoisotopic (exact) mass is 300 g/mol. The summed E-state index contributed by atoms with van der Waals surface area (Å²) < 4.78 is 40.7. The van der Waals surface area contributed by atoms with Crippen LogP contribution in [-0.2, 0) is 10.0 Å². The molecule has 1 saturated carbocycles. The van der Waals surface area contributed by atoms with Gasteiger partial charge in [0, 0.05) is 11.7 Å². The maximum Gasteiger partial charge on any atom is 0.241 e. The molecule has 0 aromatic heterocycles. The maximum absolute atomic E-state index is 13.3. The Hall–Kier alpha value is -1.14. The highest BCUT2D eigenvalue weighted by atomic mass is 32.2. The lowest BCUT2D eigenvalue weighted by atomic mass is 9.98. The number of anilines is 1. The van der Waals surface area contributed by atoms with Gasteiger partial charge in [-0.3, -0.25) is 0 Å². The molecule has 1 aliphatic rings. The first-order valence-electron chi connectivity index (χ1n) is 6.97. The van der Waals surface area contributed by atoms with Gasteiger partial charge in [-0.15, -0.1) is 0 Å². The Kier molecular flexibility index (Phi) is 4.65. The van der Waals surface area contributed by atoms with E-state index in [1.54, 1.807) is 0 Å². The molecule has 1 aliphatic carbocycles. The van der Waals surface area contributed by atoms with Gasteiger partial charge in [-0.05, 0) is 37.0 Å². The summed E-state index contributed by atoms with van der Waals surface area (Å²) in [6.45, 7) is 2.05. The fourth-order valence-corrected chi connectivity index (χ4v) is 4.12. The van der Waals surface area contributed by atoms with Crippen molar-refractivity contribution < 1.29 is 12.8 Å². The van der Waals surface area contributed by atoms with Crippen molar-refractivity contribution in [1.82, 2.24) is 4.72 Å². The van der Waals surface area contributed by atoms with E-state index in [0.717, 1.165) is 44.2 Å². The van der Waals surface area contributed by atoms with Crippen LogP contribution in [0.3, 0.4) is 0 Å². The van der Waals surface area contributed by atoms with Gasteiger partial charge in [-0.1, -0.05) is 26.2 Å². The second-order valence-corrected chi connectivity index (χ2v) is 7.28. The molecule has 1 aromatic rings. The predicted molar refractivity (Wildman–Crippen MR) is 77.2 cm³/mol. The summed E-state index contributed by atoms with van der Waals surface area (Å²) in [7, 11) is -3.72. The first-order valence-corrected chi connectivity index (χ1v) is 8.45. The van der Waals surface area contributed by atoms with Gasteiger partial charge in [0.2, 0.25) is 10.0 Å². The van der Waals surface area contributed by atoms with E-state index in [1.165, 1.54) is 6.07 Å². The summed E-state index contributed by atoms with van der Waals surface area (Å²) in [5.74, 6) is -0.350. The van der Waals surface area contributed by atoms with Gasteiger partial charge in [0.05, 0.1) is 4.90 Å². The number of nitrogens with two attached hydrogens (primary N) is 1. The van der Waals surface area contributed by atoms with Crippen molar-refractivity contribution in [3.63, 3.8) is 0 Å². The number of hydrogen-bond acceptors (Lipinski definition) is 3. The Labute approximate surface area is 119 Å². The van der Waals surface area contributed by atoms with Crippen LogP contribution in [0.5, 0.6) is 0 Å². The lowest BCUT2D eigenvalue weighted by molar-refractivity contribution is 0.399. The third kappa shape index (κ3) is 3.70. The zero-order valence-corrected chi connectivity index (χ0v) is 12.4. The fourth-order valence-electron chi connectivity index (χ4n) is 2.67. The highest BCUT2D eigenvalue weighted by Crippen LogP contribution is 2.25. The molecule has 0 aliphatic heterocycles. The van der Waals surface area contributed by atoms with E-state index in [4.69, 9.17) is 5.73 Å². The SMILES string of the molecule is CC1CCCCCC1NS(=O)(=O)c1cc(N)cc(F)c1. The highest BCUT2D eigenvalue weighted by molar-refractivity contribution is 7.89. The molecule has 0 amide bonds. The standard InChI is InChI=1S/C14H21FN2O2S/c1-10-5-3-2-4-6-14(10)17-20(18,19)13-8-11(15)7-12(16)9-13/h7-10,14,17H,2-6,16H2,1H3.